The zero-order chi connectivity index (χ0) is 18.6. The average Bonchev–Trinajstić information content (AvgIpc) is 2.38. The van der Waals surface area contributed by atoms with Crippen molar-refractivity contribution in [2.75, 3.05) is 27.7 Å². The van der Waals surface area contributed by atoms with Gasteiger partial charge in [-0.25, -0.2) is 0 Å². The quantitative estimate of drug-likeness (QED) is 0.229. The fourth-order valence-corrected chi connectivity index (χ4v) is 2.16. The Labute approximate surface area is 143 Å². The summed E-state index contributed by atoms with van der Waals surface area (Å²) in [5.74, 6) is -2.45. The maximum Gasteiger partial charge on any atom is 0.306 e. The van der Waals surface area contributed by atoms with Gasteiger partial charge in [-0.2, -0.15) is 0 Å². The van der Waals surface area contributed by atoms with Crippen LogP contribution in [0.15, 0.2) is 12.2 Å². The second kappa shape index (κ2) is 11.6. The van der Waals surface area contributed by atoms with E-state index in [9.17, 15) is 19.5 Å². The van der Waals surface area contributed by atoms with E-state index in [1.54, 1.807) is 0 Å². The number of hydrogen-bond acceptors (Lipinski definition) is 5. The minimum Gasteiger partial charge on any atom is -0.550 e. The van der Waals surface area contributed by atoms with Crippen LogP contribution in [-0.4, -0.2) is 61.3 Å². The maximum absolute atomic E-state index is 11.8. The maximum atomic E-state index is 11.8. The molecule has 0 rings (SSSR count). The number of carboxylic acids is 2. The molecule has 0 amide bonds. The zero-order valence-electron chi connectivity index (χ0n) is 14.8. The van der Waals surface area contributed by atoms with Crippen LogP contribution < -0.4 is 5.11 Å². The Morgan fingerprint density at radius 2 is 1.71 bits per heavy atom. The summed E-state index contributed by atoms with van der Waals surface area (Å²) in [6, 6.07) is 0. The summed E-state index contributed by atoms with van der Waals surface area (Å²) in [6.07, 6.45) is 5.86. The summed E-state index contributed by atoms with van der Waals surface area (Å²) in [5, 5.41) is 19.2. The number of carbonyl (C=O) groups is 3. The van der Waals surface area contributed by atoms with Gasteiger partial charge in [-0.05, 0) is 25.7 Å². The third-order valence-electron chi connectivity index (χ3n) is 3.14. The van der Waals surface area contributed by atoms with Crippen molar-refractivity contribution >= 4 is 17.9 Å². The van der Waals surface area contributed by atoms with Crippen molar-refractivity contribution in [1.82, 2.24) is 0 Å². The largest absolute Gasteiger partial charge is 0.550 e. The molecule has 7 heteroatoms. The van der Waals surface area contributed by atoms with Crippen LogP contribution in [0.3, 0.4) is 0 Å². The molecule has 0 radical (unpaired) electrons. The van der Waals surface area contributed by atoms with E-state index in [0.717, 1.165) is 12.8 Å². The van der Waals surface area contributed by atoms with Crippen LogP contribution in [0, 0.1) is 0 Å². The van der Waals surface area contributed by atoms with Crippen LogP contribution in [0.1, 0.15) is 44.9 Å². The molecule has 1 atom stereocenters. The standard InChI is InChI=1S/C17H29NO6/c1-18(2,3)13-14(12-16(21)22)24-17(23)11-9-7-5-4-6-8-10-15(19)20/h5,7,14H,4,6,8-13H2,1-3H3,(H-,19,20,21,22)/b7-5+. The molecule has 24 heavy (non-hydrogen) atoms. The van der Waals surface area contributed by atoms with E-state index in [1.165, 1.54) is 0 Å². The minimum atomic E-state index is -1.23. The number of rotatable bonds is 13. The first-order valence-corrected chi connectivity index (χ1v) is 8.16. The summed E-state index contributed by atoms with van der Waals surface area (Å²) in [4.78, 5) is 32.9. The van der Waals surface area contributed by atoms with Crippen LogP contribution in [-0.2, 0) is 19.1 Å². The lowest BCUT2D eigenvalue weighted by Crippen LogP contribution is -2.45. The number of likely N-dealkylation sites (N-methyl/N-ethyl adjacent to an activating group) is 1. The molecule has 0 bridgehead atoms. The van der Waals surface area contributed by atoms with Gasteiger partial charge < -0.3 is 24.2 Å². The van der Waals surface area contributed by atoms with E-state index in [1.807, 2.05) is 33.3 Å². The fraction of sp³-hybridized carbons (Fsp3) is 0.706. The van der Waals surface area contributed by atoms with Gasteiger partial charge in [0.1, 0.15) is 6.54 Å². The summed E-state index contributed by atoms with van der Waals surface area (Å²) < 4.78 is 5.72. The van der Waals surface area contributed by atoms with Crippen molar-refractivity contribution in [2.45, 2.75) is 51.0 Å². The molecule has 0 aliphatic rings. The highest BCUT2D eigenvalue weighted by Gasteiger charge is 2.22. The SMILES string of the molecule is C[N+](C)(C)CC(CC(=O)[O-])OC(=O)CC/C=C/CCCCC(=O)O. The fourth-order valence-electron chi connectivity index (χ4n) is 2.16. The molecule has 0 aromatic heterocycles. The molecule has 0 aromatic carbocycles. The molecule has 0 aromatic rings. The molecule has 0 aliphatic heterocycles. The van der Waals surface area contributed by atoms with E-state index < -0.39 is 24.0 Å². The number of aliphatic carboxylic acids is 2. The van der Waals surface area contributed by atoms with E-state index in [0.29, 0.717) is 23.9 Å². The Kier molecular flexibility index (Phi) is 10.7. The van der Waals surface area contributed by atoms with Gasteiger partial charge >= 0.3 is 11.9 Å². The van der Waals surface area contributed by atoms with Gasteiger partial charge in [-0.1, -0.05) is 12.2 Å². The second-order valence-electron chi connectivity index (χ2n) is 6.81. The monoisotopic (exact) mass is 343 g/mol. The second-order valence-corrected chi connectivity index (χ2v) is 6.81. The highest BCUT2D eigenvalue weighted by atomic mass is 16.5. The van der Waals surface area contributed by atoms with Crippen LogP contribution in [0.25, 0.3) is 0 Å². The number of esters is 1. The van der Waals surface area contributed by atoms with Gasteiger partial charge in [-0.3, -0.25) is 9.59 Å². The predicted octanol–water partition coefficient (Wildman–Crippen LogP) is 0.726. The Morgan fingerprint density at radius 3 is 2.25 bits per heavy atom. The Bertz CT molecular complexity index is 439. The lowest BCUT2D eigenvalue weighted by Gasteiger charge is -2.29. The molecule has 138 valence electrons. The predicted molar refractivity (Wildman–Crippen MR) is 86.9 cm³/mol. The first-order valence-electron chi connectivity index (χ1n) is 8.16. The van der Waals surface area contributed by atoms with Crippen LogP contribution >= 0.6 is 0 Å². The highest BCUT2D eigenvalue weighted by molar-refractivity contribution is 5.71. The molecular formula is C17H29NO6. The number of quaternary nitrogens is 1. The Hall–Kier alpha value is -1.89. The van der Waals surface area contributed by atoms with Gasteiger partial charge in [-0.15, -0.1) is 0 Å². The number of unbranched alkanes of at least 4 members (excludes halogenated alkanes) is 2. The van der Waals surface area contributed by atoms with E-state index in [4.69, 9.17) is 9.84 Å². The lowest BCUT2D eigenvalue weighted by molar-refractivity contribution is -0.873. The number of carbonyl (C=O) groups excluding carboxylic acids is 2. The Balaban J connectivity index is 4.03. The molecule has 0 heterocycles. The molecule has 1 N–H and O–H groups in total. The number of ether oxygens (including phenoxy) is 1. The molecule has 0 saturated heterocycles. The Morgan fingerprint density at radius 1 is 1.08 bits per heavy atom. The average molecular weight is 343 g/mol. The van der Waals surface area contributed by atoms with Crippen molar-refractivity contribution in [3.63, 3.8) is 0 Å². The summed E-state index contributed by atoms with van der Waals surface area (Å²) in [7, 11) is 5.68. The van der Waals surface area contributed by atoms with Crippen molar-refractivity contribution < 1.29 is 33.8 Å². The van der Waals surface area contributed by atoms with Gasteiger partial charge in [0.15, 0.2) is 6.10 Å². The van der Waals surface area contributed by atoms with Crippen LogP contribution in [0.5, 0.6) is 0 Å². The molecule has 0 saturated carbocycles. The molecule has 0 fully saturated rings. The van der Waals surface area contributed by atoms with Gasteiger partial charge in [0.2, 0.25) is 0 Å². The smallest absolute Gasteiger partial charge is 0.306 e. The first kappa shape index (κ1) is 22.1. The number of allylic oxidation sites excluding steroid dienone is 2. The molecular weight excluding hydrogens is 314 g/mol. The van der Waals surface area contributed by atoms with Gasteiger partial charge in [0.05, 0.1) is 21.1 Å². The van der Waals surface area contributed by atoms with Gasteiger partial charge in [0, 0.05) is 25.2 Å². The summed E-state index contributed by atoms with van der Waals surface area (Å²) in [6.45, 7) is 0.402. The van der Waals surface area contributed by atoms with Crippen LogP contribution in [0.2, 0.25) is 0 Å². The summed E-state index contributed by atoms with van der Waals surface area (Å²) in [5.41, 5.74) is 0. The molecule has 0 aliphatic carbocycles. The van der Waals surface area contributed by atoms with Gasteiger partial charge in [0.25, 0.3) is 0 Å². The number of nitrogens with zero attached hydrogens (tertiary/aromatic N) is 1. The van der Waals surface area contributed by atoms with Crippen molar-refractivity contribution in [3.05, 3.63) is 12.2 Å². The van der Waals surface area contributed by atoms with E-state index >= 15 is 0 Å². The number of carboxylic acid groups (broad SMARTS) is 2. The van der Waals surface area contributed by atoms with Crippen molar-refractivity contribution in [3.8, 4) is 0 Å². The van der Waals surface area contributed by atoms with Crippen molar-refractivity contribution in [1.29, 1.82) is 0 Å². The number of hydrogen-bond donors (Lipinski definition) is 1. The first-order chi connectivity index (χ1) is 11.1. The zero-order valence-corrected chi connectivity index (χ0v) is 14.8. The molecule has 0 spiro atoms. The minimum absolute atomic E-state index is 0.173. The lowest BCUT2D eigenvalue weighted by atomic mass is 10.1. The topological polar surface area (TPSA) is 104 Å². The van der Waals surface area contributed by atoms with E-state index in [-0.39, 0.29) is 19.3 Å². The normalized spacial score (nSPS) is 13.0. The highest BCUT2D eigenvalue weighted by Crippen LogP contribution is 2.08. The molecule has 1 unspecified atom stereocenters. The van der Waals surface area contributed by atoms with E-state index in [2.05, 4.69) is 0 Å². The molecule has 7 nitrogen and oxygen atoms in total. The third kappa shape index (κ3) is 15.0. The summed E-state index contributed by atoms with van der Waals surface area (Å²) >= 11 is 0. The van der Waals surface area contributed by atoms with Crippen LogP contribution in [0.4, 0.5) is 0 Å². The van der Waals surface area contributed by atoms with Crippen molar-refractivity contribution in [2.24, 2.45) is 0 Å². The third-order valence-corrected chi connectivity index (χ3v) is 3.14.